The molecule has 2 atom stereocenters. The number of urea groups is 1. The highest BCUT2D eigenvalue weighted by atomic mass is 32.2. The van der Waals surface area contributed by atoms with E-state index in [1.807, 2.05) is 31.4 Å². The molecule has 0 bridgehead atoms. The molecule has 2 rings (SSSR count). The Labute approximate surface area is 132 Å². The lowest BCUT2D eigenvalue weighted by Gasteiger charge is -2.32. The molecule has 1 N–H and O–H groups in total. The highest BCUT2D eigenvalue weighted by molar-refractivity contribution is 8.00. The van der Waals surface area contributed by atoms with Crippen molar-refractivity contribution < 1.29 is 14.7 Å². The fraction of sp³-hybridized carbons (Fsp3) is 0.571. The van der Waals surface area contributed by atoms with Crippen LogP contribution in [0.1, 0.15) is 25.1 Å². The molecule has 1 fully saturated rings. The molecule has 1 aliphatic rings. The van der Waals surface area contributed by atoms with E-state index in [-0.39, 0.29) is 11.4 Å². The quantitative estimate of drug-likeness (QED) is 0.903. The van der Waals surface area contributed by atoms with Crippen molar-refractivity contribution in [2.24, 2.45) is 0 Å². The van der Waals surface area contributed by atoms with Gasteiger partial charge in [0.25, 0.3) is 0 Å². The third kappa shape index (κ3) is 3.52. The maximum absolute atomic E-state index is 12.8. The minimum Gasteiger partial charge on any atom is -0.480 e. The minimum absolute atomic E-state index is 0.0454. The molecule has 1 saturated heterocycles. The molecule has 0 saturated carbocycles. The largest absolute Gasteiger partial charge is 0.480 e. The van der Waals surface area contributed by atoms with Crippen molar-refractivity contribution in [2.75, 3.05) is 12.3 Å². The summed E-state index contributed by atoms with van der Waals surface area (Å²) in [6, 6.07) is 3.06. The number of amides is 2. The average molecular weight is 328 g/mol. The van der Waals surface area contributed by atoms with E-state index < -0.39 is 12.0 Å². The van der Waals surface area contributed by atoms with E-state index in [9.17, 15) is 14.7 Å². The van der Waals surface area contributed by atoms with Crippen molar-refractivity contribution in [3.8, 4) is 0 Å². The third-order valence-corrected chi connectivity index (χ3v) is 5.84. The van der Waals surface area contributed by atoms with Gasteiger partial charge in [-0.05, 0) is 24.8 Å². The second kappa shape index (κ2) is 7.17. The third-order valence-electron chi connectivity index (χ3n) is 3.53. The van der Waals surface area contributed by atoms with Gasteiger partial charge in [-0.2, -0.15) is 0 Å². The molecule has 116 valence electrons. The fourth-order valence-corrected chi connectivity index (χ4v) is 4.45. The molecule has 1 aromatic heterocycles. The summed E-state index contributed by atoms with van der Waals surface area (Å²) in [7, 11) is 0. The summed E-state index contributed by atoms with van der Waals surface area (Å²) in [4.78, 5) is 28.5. The van der Waals surface area contributed by atoms with Crippen LogP contribution in [0.5, 0.6) is 0 Å². The average Bonchev–Trinajstić information content (AvgIpc) is 3.12. The van der Waals surface area contributed by atoms with E-state index in [0.29, 0.717) is 18.8 Å². The van der Waals surface area contributed by atoms with E-state index in [1.165, 1.54) is 0 Å². The molecule has 21 heavy (non-hydrogen) atoms. The first-order valence-corrected chi connectivity index (χ1v) is 8.95. The standard InChI is InChI=1S/C14H20N2O3S2/c1-3-12-16(11(9-21-12)13(17)18)14(19)15(4-2)8-10-6-5-7-20-10/h5-7,11-12H,3-4,8-9H2,1-2H3,(H,17,18). The summed E-state index contributed by atoms with van der Waals surface area (Å²) >= 11 is 3.16. The van der Waals surface area contributed by atoms with Crippen LogP contribution in [0.15, 0.2) is 17.5 Å². The van der Waals surface area contributed by atoms with Crippen LogP contribution in [0.2, 0.25) is 0 Å². The van der Waals surface area contributed by atoms with Crippen LogP contribution in [0.3, 0.4) is 0 Å². The summed E-state index contributed by atoms with van der Waals surface area (Å²) < 4.78 is 0. The lowest BCUT2D eigenvalue weighted by Crippen LogP contribution is -2.51. The van der Waals surface area contributed by atoms with Gasteiger partial charge >= 0.3 is 12.0 Å². The van der Waals surface area contributed by atoms with Gasteiger partial charge in [-0.15, -0.1) is 23.1 Å². The first-order chi connectivity index (χ1) is 10.1. The fourth-order valence-electron chi connectivity index (χ4n) is 2.39. The maximum atomic E-state index is 12.8. The number of hydrogen-bond acceptors (Lipinski definition) is 4. The van der Waals surface area contributed by atoms with Gasteiger partial charge in [-0.1, -0.05) is 13.0 Å². The van der Waals surface area contributed by atoms with E-state index in [4.69, 9.17) is 0 Å². The Hall–Kier alpha value is -1.21. The van der Waals surface area contributed by atoms with E-state index >= 15 is 0 Å². The number of carboxylic acid groups (broad SMARTS) is 1. The van der Waals surface area contributed by atoms with Crippen LogP contribution in [0, 0.1) is 0 Å². The summed E-state index contributed by atoms with van der Waals surface area (Å²) in [6.45, 7) is 5.01. The molecule has 1 aromatic rings. The molecule has 0 spiro atoms. The zero-order chi connectivity index (χ0) is 15.4. The first-order valence-electron chi connectivity index (χ1n) is 7.02. The molecular formula is C14H20N2O3S2. The monoisotopic (exact) mass is 328 g/mol. The Morgan fingerprint density at radius 1 is 1.48 bits per heavy atom. The number of rotatable bonds is 5. The Bertz CT molecular complexity index is 492. The number of aliphatic carboxylic acids is 1. The number of carboxylic acids is 1. The number of thiophene rings is 1. The van der Waals surface area contributed by atoms with Gasteiger partial charge in [0.2, 0.25) is 0 Å². The van der Waals surface area contributed by atoms with Gasteiger partial charge in [-0.3, -0.25) is 4.90 Å². The summed E-state index contributed by atoms with van der Waals surface area (Å²) in [5.41, 5.74) is 0. The lowest BCUT2D eigenvalue weighted by molar-refractivity contribution is -0.141. The number of carbonyl (C=O) groups excluding carboxylic acids is 1. The topological polar surface area (TPSA) is 60.9 Å². The second-order valence-electron chi connectivity index (χ2n) is 4.83. The molecule has 1 aliphatic heterocycles. The lowest BCUT2D eigenvalue weighted by atomic mass is 10.2. The van der Waals surface area contributed by atoms with Crippen LogP contribution in [0.25, 0.3) is 0 Å². The number of carbonyl (C=O) groups is 2. The second-order valence-corrected chi connectivity index (χ2v) is 7.08. The Morgan fingerprint density at radius 3 is 2.76 bits per heavy atom. The molecule has 0 radical (unpaired) electrons. The van der Waals surface area contributed by atoms with Crippen molar-refractivity contribution in [1.29, 1.82) is 0 Å². The van der Waals surface area contributed by atoms with Gasteiger partial charge in [0.05, 0.1) is 11.9 Å². The first kappa shape index (κ1) is 16.2. The zero-order valence-corrected chi connectivity index (χ0v) is 13.8. The smallest absolute Gasteiger partial charge is 0.327 e. The SMILES string of the molecule is CCC1SCC(C(=O)O)N1C(=O)N(CC)Cc1cccs1. The van der Waals surface area contributed by atoms with Gasteiger partial charge in [0.15, 0.2) is 0 Å². The number of hydrogen-bond donors (Lipinski definition) is 1. The van der Waals surface area contributed by atoms with Crippen LogP contribution in [-0.4, -0.2) is 50.6 Å². The molecule has 2 heterocycles. The highest BCUT2D eigenvalue weighted by Crippen LogP contribution is 2.32. The summed E-state index contributed by atoms with van der Waals surface area (Å²) in [5, 5.41) is 11.3. The van der Waals surface area contributed by atoms with Gasteiger partial charge in [0.1, 0.15) is 6.04 Å². The molecule has 5 nitrogen and oxygen atoms in total. The number of nitrogens with zero attached hydrogens (tertiary/aromatic N) is 2. The van der Waals surface area contributed by atoms with E-state index in [2.05, 4.69) is 0 Å². The van der Waals surface area contributed by atoms with Crippen LogP contribution in [0.4, 0.5) is 4.79 Å². The maximum Gasteiger partial charge on any atom is 0.327 e. The van der Waals surface area contributed by atoms with Gasteiger partial charge in [-0.25, -0.2) is 9.59 Å². The van der Waals surface area contributed by atoms with Crippen LogP contribution >= 0.6 is 23.1 Å². The normalized spacial score (nSPS) is 21.5. The van der Waals surface area contributed by atoms with Crippen molar-refractivity contribution in [3.05, 3.63) is 22.4 Å². The van der Waals surface area contributed by atoms with Gasteiger partial charge < -0.3 is 10.0 Å². The molecule has 2 unspecified atom stereocenters. The van der Waals surface area contributed by atoms with Crippen molar-refractivity contribution in [2.45, 2.75) is 38.2 Å². The van der Waals surface area contributed by atoms with E-state index in [1.54, 1.807) is 32.9 Å². The molecule has 7 heteroatoms. The highest BCUT2D eigenvalue weighted by Gasteiger charge is 2.42. The van der Waals surface area contributed by atoms with Crippen molar-refractivity contribution in [3.63, 3.8) is 0 Å². The minimum atomic E-state index is -0.918. The van der Waals surface area contributed by atoms with Crippen molar-refractivity contribution in [1.82, 2.24) is 9.80 Å². The van der Waals surface area contributed by atoms with Crippen LogP contribution < -0.4 is 0 Å². The Kier molecular flexibility index (Phi) is 5.52. The Balaban J connectivity index is 2.15. The summed E-state index contributed by atoms with van der Waals surface area (Å²) in [6.07, 6.45) is 0.761. The van der Waals surface area contributed by atoms with E-state index in [0.717, 1.165) is 11.3 Å². The molecule has 0 aromatic carbocycles. The Morgan fingerprint density at radius 2 is 2.24 bits per heavy atom. The molecule has 0 aliphatic carbocycles. The molecule has 2 amide bonds. The van der Waals surface area contributed by atoms with Gasteiger partial charge in [0, 0.05) is 17.2 Å². The summed E-state index contributed by atoms with van der Waals surface area (Å²) in [5.74, 6) is -0.449. The predicted molar refractivity (Wildman–Crippen MR) is 85.6 cm³/mol. The van der Waals surface area contributed by atoms with Crippen molar-refractivity contribution >= 4 is 35.1 Å². The predicted octanol–water partition coefficient (Wildman–Crippen LogP) is 2.93. The zero-order valence-electron chi connectivity index (χ0n) is 12.2. The number of thioether (sulfide) groups is 1. The van der Waals surface area contributed by atoms with Crippen LogP contribution in [-0.2, 0) is 11.3 Å². The molecular weight excluding hydrogens is 308 g/mol.